The van der Waals surface area contributed by atoms with Crippen molar-refractivity contribution in [2.75, 3.05) is 6.54 Å². The summed E-state index contributed by atoms with van der Waals surface area (Å²) in [5, 5.41) is 1.63. The van der Waals surface area contributed by atoms with Crippen molar-refractivity contribution in [3.8, 4) is 5.75 Å². The number of hydrogen-bond donors (Lipinski definition) is 1. The van der Waals surface area contributed by atoms with Crippen LogP contribution in [-0.2, 0) is 15.5 Å². The first kappa shape index (κ1) is 20.6. The van der Waals surface area contributed by atoms with E-state index >= 15 is 0 Å². The molecule has 1 aromatic rings. The number of amides is 1. The number of carbonyl (C=O) groups is 1. The summed E-state index contributed by atoms with van der Waals surface area (Å²) in [5.41, 5.74) is -4.36. The van der Waals surface area contributed by atoms with Crippen molar-refractivity contribution in [3.63, 3.8) is 0 Å². The van der Waals surface area contributed by atoms with E-state index < -0.39 is 53.6 Å². The molecule has 4 nitrogen and oxygen atoms in total. The number of alkyl halides is 8. The number of hydrogen-bond acceptors (Lipinski definition) is 3. The molecule has 0 saturated carbocycles. The fraction of sp³-hybridized carbons (Fsp3) is 0.562. The van der Waals surface area contributed by atoms with Crippen molar-refractivity contribution in [2.24, 2.45) is 0 Å². The molecule has 1 N–H and O–H groups in total. The lowest BCUT2D eigenvalue weighted by molar-refractivity contribution is -0.289. The summed E-state index contributed by atoms with van der Waals surface area (Å²) in [5.74, 6) is -7.42. The lowest BCUT2D eigenvalue weighted by atomic mass is 9.81. The number of ether oxygens (including phenoxy) is 2. The lowest BCUT2D eigenvalue weighted by Crippen LogP contribution is -2.55. The first-order valence-electron chi connectivity index (χ1n) is 7.84. The number of nitrogens with one attached hydrogen (secondary N) is 1. The van der Waals surface area contributed by atoms with Gasteiger partial charge in [0.25, 0.3) is 0 Å². The first-order chi connectivity index (χ1) is 12.5. The fourth-order valence-corrected chi connectivity index (χ4v) is 3.17. The molecule has 1 saturated heterocycles. The smallest absolute Gasteiger partial charge is 0.471 e. The predicted molar refractivity (Wildman–Crippen MR) is 76.7 cm³/mol. The molecule has 156 valence electrons. The van der Waals surface area contributed by atoms with E-state index in [2.05, 4.69) is 0 Å². The van der Waals surface area contributed by atoms with Crippen molar-refractivity contribution in [1.29, 1.82) is 0 Å². The number of benzene rings is 1. The van der Waals surface area contributed by atoms with Gasteiger partial charge in [0.2, 0.25) is 0 Å². The molecule has 2 aliphatic heterocycles. The Bertz CT molecular complexity index is 817. The molecule has 1 fully saturated rings. The number of fused-ring (bicyclic) bond motifs is 3. The zero-order valence-corrected chi connectivity index (χ0v) is 14.3. The quantitative estimate of drug-likeness (QED) is 0.595. The minimum absolute atomic E-state index is 0.0352. The van der Waals surface area contributed by atoms with Crippen LogP contribution in [0.5, 0.6) is 5.75 Å². The zero-order valence-electron chi connectivity index (χ0n) is 14.3. The van der Waals surface area contributed by atoms with Gasteiger partial charge in [-0.3, -0.25) is 4.79 Å². The van der Waals surface area contributed by atoms with E-state index in [0.717, 1.165) is 6.07 Å². The topological polar surface area (TPSA) is 50.9 Å². The van der Waals surface area contributed by atoms with Gasteiger partial charge in [0.15, 0.2) is 5.60 Å². The van der Waals surface area contributed by atoms with Crippen molar-refractivity contribution < 1.29 is 49.4 Å². The van der Waals surface area contributed by atoms with Gasteiger partial charge >= 0.3 is 24.2 Å². The predicted octanol–water partition coefficient (Wildman–Crippen LogP) is 4.00. The van der Waals surface area contributed by atoms with E-state index in [4.69, 9.17) is 9.47 Å². The Kier molecular flexibility index (Phi) is 4.20. The minimum Gasteiger partial charge on any atom is -0.484 e. The van der Waals surface area contributed by atoms with Crippen molar-refractivity contribution in [3.05, 3.63) is 29.3 Å². The molecular formula is C16H13F8NO3. The monoisotopic (exact) mass is 419 g/mol. The third kappa shape index (κ3) is 2.97. The third-order valence-corrected chi connectivity index (χ3v) is 4.86. The molecule has 0 aliphatic carbocycles. The summed E-state index contributed by atoms with van der Waals surface area (Å²) in [6.07, 6.45) is -12.1. The highest BCUT2D eigenvalue weighted by molar-refractivity contribution is 5.81. The van der Waals surface area contributed by atoms with Crippen LogP contribution >= 0.6 is 0 Å². The Morgan fingerprint density at radius 1 is 1.11 bits per heavy atom. The average Bonchev–Trinajstić information content (AvgIpc) is 3.27. The molecule has 1 aromatic carbocycles. The molecule has 12 heteroatoms. The van der Waals surface area contributed by atoms with Gasteiger partial charge in [-0.1, -0.05) is 0 Å². The zero-order chi connectivity index (χ0) is 21.3. The van der Waals surface area contributed by atoms with Gasteiger partial charge in [0.05, 0.1) is 6.54 Å². The average molecular weight is 419 g/mol. The molecule has 2 heterocycles. The Balaban J connectivity index is 1.92. The van der Waals surface area contributed by atoms with Gasteiger partial charge in [-0.25, -0.2) is 0 Å². The summed E-state index contributed by atoms with van der Waals surface area (Å²) < 4.78 is 113. The summed E-state index contributed by atoms with van der Waals surface area (Å²) in [4.78, 5) is 11.1. The van der Waals surface area contributed by atoms with Crippen LogP contribution in [0, 0.1) is 0 Å². The van der Waals surface area contributed by atoms with Crippen LogP contribution in [0.1, 0.15) is 31.1 Å². The highest BCUT2D eigenvalue weighted by Gasteiger charge is 2.71. The standard InChI is InChI=1S/C16H13F8NO3/c1-12(2)13(6-25-11(26)15(19,20)21)10(28-13)8-5-7(3-4-9(8)27-12)14(17,18)16(22,23)24/h3-5,10H,6H2,1-2H3,(H,25,26). The van der Waals surface area contributed by atoms with Gasteiger partial charge in [-0.2, -0.15) is 35.1 Å². The molecule has 3 rings (SSSR count). The van der Waals surface area contributed by atoms with Crippen molar-refractivity contribution in [2.45, 2.75) is 49.4 Å². The Labute approximate surface area is 152 Å². The SMILES string of the molecule is CC1(C)Oc2ccc(C(F)(F)C(F)(F)F)cc2C2OC21CNC(=O)C(F)(F)F. The van der Waals surface area contributed by atoms with Crippen LogP contribution in [0.4, 0.5) is 35.1 Å². The van der Waals surface area contributed by atoms with Crippen LogP contribution < -0.4 is 10.1 Å². The second-order valence-electron chi connectivity index (χ2n) is 7.00. The second-order valence-corrected chi connectivity index (χ2v) is 7.00. The van der Waals surface area contributed by atoms with E-state index in [-0.39, 0.29) is 11.3 Å². The molecule has 0 radical (unpaired) electrons. The maximum absolute atomic E-state index is 13.6. The van der Waals surface area contributed by atoms with Crippen LogP contribution in [0.15, 0.2) is 18.2 Å². The van der Waals surface area contributed by atoms with Gasteiger partial charge in [0, 0.05) is 11.1 Å². The number of rotatable bonds is 3. The first-order valence-corrected chi connectivity index (χ1v) is 7.84. The van der Waals surface area contributed by atoms with Gasteiger partial charge in [-0.05, 0) is 32.0 Å². The highest BCUT2D eigenvalue weighted by atomic mass is 19.4. The largest absolute Gasteiger partial charge is 0.484 e. The van der Waals surface area contributed by atoms with E-state index in [1.54, 1.807) is 5.32 Å². The molecule has 0 bridgehead atoms. The van der Waals surface area contributed by atoms with Crippen molar-refractivity contribution >= 4 is 5.91 Å². The van der Waals surface area contributed by atoms with Crippen LogP contribution in [-0.4, -0.2) is 36.0 Å². The number of carbonyl (C=O) groups excluding carboxylic acids is 1. The summed E-state index contributed by atoms with van der Waals surface area (Å²) in [7, 11) is 0. The number of epoxide rings is 1. The van der Waals surface area contributed by atoms with E-state index in [9.17, 15) is 39.9 Å². The van der Waals surface area contributed by atoms with E-state index in [1.165, 1.54) is 13.8 Å². The van der Waals surface area contributed by atoms with Crippen LogP contribution in [0.25, 0.3) is 0 Å². The normalized spacial score (nSPS) is 26.0. The van der Waals surface area contributed by atoms with Crippen LogP contribution in [0.3, 0.4) is 0 Å². The molecule has 28 heavy (non-hydrogen) atoms. The minimum atomic E-state index is -5.84. The number of halogens is 8. The Morgan fingerprint density at radius 3 is 2.25 bits per heavy atom. The third-order valence-electron chi connectivity index (χ3n) is 4.86. The summed E-state index contributed by atoms with van der Waals surface area (Å²) in [6.45, 7) is 2.20. The van der Waals surface area contributed by atoms with Gasteiger partial charge < -0.3 is 14.8 Å². The molecule has 2 aliphatic rings. The van der Waals surface area contributed by atoms with Gasteiger partial charge in [0.1, 0.15) is 17.5 Å². The summed E-state index contributed by atoms with van der Waals surface area (Å²) >= 11 is 0. The molecule has 0 aromatic heterocycles. The summed E-state index contributed by atoms with van der Waals surface area (Å²) in [6, 6.07) is 2.03. The van der Waals surface area contributed by atoms with E-state index in [0.29, 0.717) is 12.1 Å². The highest BCUT2D eigenvalue weighted by Crippen LogP contribution is 2.62. The second kappa shape index (κ2) is 5.71. The maximum atomic E-state index is 13.6. The van der Waals surface area contributed by atoms with Crippen molar-refractivity contribution in [1.82, 2.24) is 5.32 Å². The van der Waals surface area contributed by atoms with Crippen LogP contribution in [0.2, 0.25) is 0 Å². The molecule has 1 amide bonds. The van der Waals surface area contributed by atoms with Gasteiger partial charge in [-0.15, -0.1) is 0 Å². The molecular weight excluding hydrogens is 406 g/mol. The maximum Gasteiger partial charge on any atom is 0.471 e. The Hall–Kier alpha value is -2.11. The van der Waals surface area contributed by atoms with E-state index in [1.807, 2.05) is 0 Å². The molecule has 2 atom stereocenters. The lowest BCUT2D eigenvalue weighted by Gasteiger charge is -2.37. The molecule has 0 spiro atoms. The Morgan fingerprint density at radius 2 is 1.71 bits per heavy atom. The fourth-order valence-electron chi connectivity index (χ4n) is 3.17. The molecule has 2 unspecified atom stereocenters.